The Kier molecular flexibility index (Phi) is 4.87. The van der Waals surface area contributed by atoms with E-state index in [1.807, 2.05) is 28.9 Å². The number of thiophene rings is 2. The lowest BCUT2D eigenvalue weighted by molar-refractivity contribution is 1.11. The van der Waals surface area contributed by atoms with Crippen LogP contribution in [0.3, 0.4) is 0 Å². The second kappa shape index (κ2) is 9.04. The van der Waals surface area contributed by atoms with Gasteiger partial charge >= 0.3 is 0 Å². The average Bonchev–Trinajstić information content (AvgIpc) is 3.86. The minimum atomic E-state index is 0.990. The topological polar surface area (TPSA) is 22.8 Å². The Morgan fingerprint density at radius 1 is 0.413 bits per heavy atom. The van der Waals surface area contributed by atoms with Crippen molar-refractivity contribution >= 4 is 107 Å². The number of pyridine rings is 1. The van der Waals surface area contributed by atoms with Crippen LogP contribution in [0.15, 0.2) is 140 Å². The number of benzene rings is 6. The maximum atomic E-state index is 5.14. The van der Waals surface area contributed by atoms with Gasteiger partial charge in [-0.05, 0) is 42.5 Å². The van der Waals surface area contributed by atoms with Gasteiger partial charge in [-0.15, -0.1) is 22.7 Å². The molecule has 0 amide bonds. The Bertz CT molecular complexity index is 2980. The number of aromatic nitrogens is 3. The zero-order chi connectivity index (χ0) is 29.9. The molecule has 0 spiro atoms. The monoisotopic (exact) mass is 621 g/mol. The predicted octanol–water partition coefficient (Wildman–Crippen LogP) is 12.0. The average molecular weight is 622 g/mol. The smallest absolute Gasteiger partial charge is 0.155 e. The Hall–Kier alpha value is -5.49. The predicted molar refractivity (Wildman–Crippen MR) is 199 cm³/mol. The molecule has 0 unspecified atom stereocenters. The molecule has 6 aromatic carbocycles. The van der Waals surface area contributed by atoms with Gasteiger partial charge < -0.3 is 4.57 Å². The number of nitrogens with zero attached hydrogens (tertiary/aromatic N) is 3. The first-order valence-electron chi connectivity index (χ1n) is 15.5. The molecule has 5 heterocycles. The summed E-state index contributed by atoms with van der Waals surface area (Å²) in [6.45, 7) is 0. The van der Waals surface area contributed by atoms with E-state index >= 15 is 0 Å². The molecule has 214 valence electrons. The van der Waals surface area contributed by atoms with Crippen molar-refractivity contribution < 1.29 is 0 Å². The lowest BCUT2D eigenvalue weighted by Gasteiger charge is -2.09. The molecule has 3 nitrogen and oxygen atoms in total. The highest BCUT2D eigenvalue weighted by molar-refractivity contribution is 7.29. The van der Waals surface area contributed by atoms with Gasteiger partial charge in [-0.1, -0.05) is 91.0 Å². The molecular formula is C41H23N3S2. The molecule has 0 radical (unpaired) electrons. The summed E-state index contributed by atoms with van der Waals surface area (Å²) in [6.07, 6.45) is 2.01. The molecular weight excluding hydrogens is 599 g/mol. The van der Waals surface area contributed by atoms with E-state index in [0.717, 1.165) is 5.82 Å². The van der Waals surface area contributed by atoms with E-state index in [9.17, 15) is 0 Å². The summed E-state index contributed by atoms with van der Waals surface area (Å²) in [5.41, 5.74) is 6.05. The molecule has 0 aliphatic carbocycles. The summed E-state index contributed by atoms with van der Waals surface area (Å²) in [4.78, 5) is 5.14. The normalized spacial score (nSPS) is 12.3. The highest BCUT2D eigenvalue weighted by Crippen LogP contribution is 2.52. The van der Waals surface area contributed by atoms with Gasteiger partial charge in [-0.2, -0.15) is 0 Å². The van der Waals surface area contributed by atoms with Gasteiger partial charge in [0.05, 0.1) is 31.5 Å². The first kappa shape index (κ1) is 24.8. The van der Waals surface area contributed by atoms with E-state index in [2.05, 4.69) is 143 Å². The summed E-state index contributed by atoms with van der Waals surface area (Å²) in [7, 11) is 0. The van der Waals surface area contributed by atoms with E-state index in [0.29, 0.717) is 0 Å². The van der Waals surface area contributed by atoms with Crippen molar-refractivity contribution in [2.45, 2.75) is 0 Å². The quantitative estimate of drug-likeness (QED) is 0.188. The van der Waals surface area contributed by atoms with Crippen LogP contribution in [0.1, 0.15) is 0 Å². The van der Waals surface area contributed by atoms with Gasteiger partial charge in [0.1, 0.15) is 0 Å². The Balaban J connectivity index is 1.41. The summed E-state index contributed by atoms with van der Waals surface area (Å²) >= 11 is 3.80. The Morgan fingerprint density at radius 2 is 1.00 bits per heavy atom. The number of hydrogen-bond donors (Lipinski definition) is 0. The fourth-order valence-corrected chi connectivity index (χ4v) is 10.3. The highest BCUT2D eigenvalue weighted by atomic mass is 32.1. The van der Waals surface area contributed by atoms with Crippen LogP contribution in [-0.2, 0) is 0 Å². The van der Waals surface area contributed by atoms with Crippen LogP contribution in [0.25, 0.3) is 95.5 Å². The van der Waals surface area contributed by atoms with Crippen LogP contribution >= 0.6 is 22.7 Å². The number of rotatable bonds is 2. The van der Waals surface area contributed by atoms with E-state index in [1.165, 1.54) is 89.6 Å². The Labute approximate surface area is 270 Å². The van der Waals surface area contributed by atoms with E-state index in [1.54, 1.807) is 0 Å². The molecule has 0 N–H and O–H groups in total. The van der Waals surface area contributed by atoms with Crippen LogP contribution in [0.2, 0.25) is 0 Å². The third-order valence-electron chi connectivity index (χ3n) is 9.55. The van der Waals surface area contributed by atoms with Crippen molar-refractivity contribution in [3.8, 4) is 11.5 Å². The fraction of sp³-hybridized carbons (Fsp3) is 0. The van der Waals surface area contributed by atoms with E-state index in [4.69, 9.17) is 4.98 Å². The molecule has 5 aromatic heterocycles. The second-order valence-electron chi connectivity index (χ2n) is 11.9. The molecule has 0 saturated heterocycles. The summed E-state index contributed by atoms with van der Waals surface area (Å²) in [5.74, 6) is 0.990. The van der Waals surface area contributed by atoms with Crippen LogP contribution in [0.4, 0.5) is 0 Å². The molecule has 11 aromatic rings. The third kappa shape index (κ3) is 3.09. The SMILES string of the molecule is c1ccc(-n2c3ccccc3c3c4sc5c(-n6c7ccccc7c7ccccc76)nccc5c4c4c5ccccc5sc4c32)cc1. The molecule has 0 aliphatic heterocycles. The Morgan fingerprint density at radius 3 is 1.74 bits per heavy atom. The standard InChI is InChI=1S/C41H23N3S2/c1-2-12-24(13-3-1)43-32-20-10-6-16-27(32)36-37(43)40-34(28-17-7-11-21-33(28)45-40)35-29-22-23-42-41(38(29)46-39(35)36)44-30-18-8-4-14-25(30)26-15-5-9-19-31(26)44/h1-23H. The molecule has 11 rings (SSSR count). The molecule has 0 fully saturated rings. The highest BCUT2D eigenvalue weighted by Gasteiger charge is 2.26. The molecule has 0 saturated carbocycles. The van der Waals surface area contributed by atoms with Gasteiger partial charge in [0.25, 0.3) is 0 Å². The van der Waals surface area contributed by atoms with Gasteiger partial charge in [0.15, 0.2) is 5.82 Å². The van der Waals surface area contributed by atoms with Crippen LogP contribution < -0.4 is 0 Å². The van der Waals surface area contributed by atoms with E-state index < -0.39 is 0 Å². The minimum Gasteiger partial charge on any atom is -0.308 e. The lowest BCUT2D eigenvalue weighted by Crippen LogP contribution is -1.96. The van der Waals surface area contributed by atoms with Crippen molar-refractivity contribution in [1.82, 2.24) is 14.1 Å². The molecule has 46 heavy (non-hydrogen) atoms. The van der Waals surface area contributed by atoms with Crippen molar-refractivity contribution in [2.24, 2.45) is 0 Å². The maximum absolute atomic E-state index is 5.14. The van der Waals surface area contributed by atoms with E-state index in [-0.39, 0.29) is 0 Å². The van der Waals surface area contributed by atoms with Crippen LogP contribution in [-0.4, -0.2) is 14.1 Å². The summed E-state index contributed by atoms with van der Waals surface area (Å²) < 4.78 is 10.0. The van der Waals surface area contributed by atoms with Gasteiger partial charge in [-0.25, -0.2) is 4.98 Å². The minimum absolute atomic E-state index is 0.990. The summed E-state index contributed by atoms with van der Waals surface area (Å²) in [5, 5.41) is 10.4. The van der Waals surface area contributed by atoms with Gasteiger partial charge in [0, 0.05) is 64.4 Å². The third-order valence-corrected chi connectivity index (χ3v) is 12.0. The molecule has 0 bridgehead atoms. The van der Waals surface area contributed by atoms with Gasteiger partial charge in [0.2, 0.25) is 0 Å². The second-order valence-corrected chi connectivity index (χ2v) is 14.0. The van der Waals surface area contributed by atoms with Gasteiger partial charge in [-0.3, -0.25) is 4.57 Å². The number of para-hydroxylation sites is 4. The van der Waals surface area contributed by atoms with Crippen molar-refractivity contribution in [1.29, 1.82) is 0 Å². The molecule has 0 atom stereocenters. The summed E-state index contributed by atoms with van der Waals surface area (Å²) in [6, 6.07) is 48.3. The maximum Gasteiger partial charge on any atom is 0.155 e. The van der Waals surface area contributed by atoms with Crippen molar-refractivity contribution in [3.05, 3.63) is 140 Å². The number of hydrogen-bond acceptors (Lipinski definition) is 3. The van der Waals surface area contributed by atoms with Crippen molar-refractivity contribution in [2.75, 3.05) is 0 Å². The molecule has 0 aliphatic rings. The van der Waals surface area contributed by atoms with Crippen LogP contribution in [0, 0.1) is 0 Å². The zero-order valence-electron chi connectivity index (χ0n) is 24.4. The lowest BCUT2D eigenvalue weighted by atomic mass is 10.0. The number of fused-ring (bicyclic) bond motifs is 15. The van der Waals surface area contributed by atoms with Crippen LogP contribution in [0.5, 0.6) is 0 Å². The molecule has 5 heteroatoms. The first-order valence-corrected chi connectivity index (χ1v) is 17.1. The fourth-order valence-electron chi connectivity index (χ4n) is 7.73. The zero-order valence-corrected chi connectivity index (χ0v) is 26.1. The first-order chi connectivity index (χ1) is 22.9. The largest absolute Gasteiger partial charge is 0.308 e. The van der Waals surface area contributed by atoms with Crippen molar-refractivity contribution in [3.63, 3.8) is 0 Å².